The van der Waals surface area contributed by atoms with E-state index in [0.29, 0.717) is 0 Å². The van der Waals surface area contributed by atoms with Crippen LogP contribution in [0.3, 0.4) is 0 Å². The Morgan fingerprint density at radius 1 is 1.31 bits per heavy atom. The lowest BCUT2D eigenvalue weighted by molar-refractivity contribution is 0.0953. The zero-order chi connectivity index (χ0) is 9.47. The first-order chi connectivity index (χ1) is 6.11. The zero-order valence-corrected chi connectivity index (χ0v) is 7.78. The first-order valence-electron chi connectivity index (χ1n) is 4.38. The fourth-order valence-electron chi connectivity index (χ4n) is 1.39. The summed E-state index contributed by atoms with van der Waals surface area (Å²) in [7, 11) is 0. The van der Waals surface area contributed by atoms with Crippen molar-refractivity contribution in [2.75, 3.05) is 0 Å². The number of hydrogen-bond donors (Lipinski definition) is 0. The molecule has 0 saturated carbocycles. The van der Waals surface area contributed by atoms with Gasteiger partial charge in [-0.15, -0.1) is 0 Å². The molecule has 1 saturated heterocycles. The quantitative estimate of drug-likeness (QED) is 0.510. The summed E-state index contributed by atoms with van der Waals surface area (Å²) in [4.78, 5) is 11.7. The molecule has 0 amide bonds. The molecular weight excluding hydrogens is 164 g/mol. The van der Waals surface area contributed by atoms with E-state index in [4.69, 9.17) is 4.74 Å². The van der Waals surface area contributed by atoms with Crippen LogP contribution in [0.2, 0.25) is 0 Å². The number of ether oxygens (including phenoxy) is 1. The summed E-state index contributed by atoms with van der Waals surface area (Å²) in [6.45, 7) is 3.86. The van der Waals surface area contributed by atoms with Gasteiger partial charge in [0.15, 0.2) is 5.78 Å². The second-order valence-corrected chi connectivity index (χ2v) is 3.83. The molecule has 0 N–H and O–H groups in total. The molecule has 2 nitrogen and oxygen atoms in total. The Morgan fingerprint density at radius 2 is 1.85 bits per heavy atom. The number of ketones is 1. The van der Waals surface area contributed by atoms with Crippen LogP contribution in [-0.4, -0.2) is 17.5 Å². The molecule has 13 heavy (non-hydrogen) atoms. The van der Waals surface area contributed by atoms with E-state index < -0.39 is 0 Å². The van der Waals surface area contributed by atoms with Gasteiger partial charge in [-0.3, -0.25) is 4.79 Å². The number of hydrogen-bond acceptors (Lipinski definition) is 2. The van der Waals surface area contributed by atoms with Crippen molar-refractivity contribution in [2.45, 2.75) is 25.6 Å². The van der Waals surface area contributed by atoms with Crippen molar-refractivity contribution in [3.05, 3.63) is 35.9 Å². The minimum atomic E-state index is -0.257. The van der Waals surface area contributed by atoms with Gasteiger partial charge in [0, 0.05) is 5.56 Å². The number of benzene rings is 1. The van der Waals surface area contributed by atoms with E-state index in [1.165, 1.54) is 0 Å². The van der Waals surface area contributed by atoms with Crippen molar-refractivity contribution in [3.8, 4) is 0 Å². The fourth-order valence-corrected chi connectivity index (χ4v) is 1.39. The van der Waals surface area contributed by atoms with Gasteiger partial charge in [0.05, 0.1) is 5.60 Å². The minimum absolute atomic E-state index is 0.0885. The Morgan fingerprint density at radius 3 is 2.31 bits per heavy atom. The second kappa shape index (κ2) is 2.67. The molecule has 1 unspecified atom stereocenters. The zero-order valence-electron chi connectivity index (χ0n) is 7.78. The molecule has 1 aliphatic heterocycles. The number of Topliss-reactive ketones (excluding diaryl/α,β-unsaturated/α-hetero) is 1. The third kappa shape index (κ3) is 1.49. The lowest BCUT2D eigenvalue weighted by atomic mass is 10.0. The summed E-state index contributed by atoms with van der Waals surface area (Å²) in [6, 6.07) is 9.26. The molecule has 1 fully saturated rings. The van der Waals surface area contributed by atoms with Crippen molar-refractivity contribution in [2.24, 2.45) is 0 Å². The third-order valence-electron chi connectivity index (χ3n) is 2.29. The summed E-state index contributed by atoms with van der Waals surface area (Å²) < 4.78 is 5.27. The summed E-state index contributed by atoms with van der Waals surface area (Å²) in [5.74, 6) is 0.0885. The minimum Gasteiger partial charge on any atom is -0.358 e. The van der Waals surface area contributed by atoms with E-state index in [1.54, 1.807) is 0 Å². The molecule has 0 aliphatic carbocycles. The van der Waals surface area contributed by atoms with Gasteiger partial charge in [0.1, 0.15) is 6.10 Å². The molecule has 1 heterocycles. The molecule has 0 spiro atoms. The van der Waals surface area contributed by atoms with Crippen molar-refractivity contribution in [3.63, 3.8) is 0 Å². The van der Waals surface area contributed by atoms with Crippen molar-refractivity contribution < 1.29 is 9.53 Å². The molecule has 0 aromatic heterocycles. The SMILES string of the molecule is CC1(C)OC1C(=O)c1ccccc1. The Labute approximate surface area is 77.5 Å². The maximum atomic E-state index is 11.7. The third-order valence-corrected chi connectivity index (χ3v) is 2.29. The van der Waals surface area contributed by atoms with Gasteiger partial charge in [-0.05, 0) is 13.8 Å². The molecule has 2 rings (SSSR count). The highest BCUT2D eigenvalue weighted by atomic mass is 16.6. The molecule has 1 aliphatic rings. The number of carbonyl (C=O) groups excluding carboxylic acids is 1. The topological polar surface area (TPSA) is 29.6 Å². The van der Waals surface area contributed by atoms with Crippen LogP contribution in [0.4, 0.5) is 0 Å². The van der Waals surface area contributed by atoms with Crippen LogP contribution in [0, 0.1) is 0 Å². The second-order valence-electron chi connectivity index (χ2n) is 3.83. The molecular formula is C11H12O2. The fraction of sp³-hybridized carbons (Fsp3) is 0.364. The molecule has 1 atom stereocenters. The average Bonchev–Trinajstić information content (AvgIpc) is 2.76. The molecule has 68 valence electrons. The first-order valence-corrected chi connectivity index (χ1v) is 4.38. The van der Waals surface area contributed by atoms with E-state index in [0.717, 1.165) is 5.56 Å². The van der Waals surface area contributed by atoms with E-state index >= 15 is 0 Å². The Kier molecular flexibility index (Phi) is 1.74. The van der Waals surface area contributed by atoms with Crippen molar-refractivity contribution in [1.29, 1.82) is 0 Å². The van der Waals surface area contributed by atoms with Crippen LogP contribution < -0.4 is 0 Å². The maximum Gasteiger partial charge on any atom is 0.194 e. The molecule has 1 aromatic carbocycles. The maximum absolute atomic E-state index is 11.7. The van der Waals surface area contributed by atoms with Crippen LogP contribution in [-0.2, 0) is 4.74 Å². The summed E-state index contributed by atoms with van der Waals surface area (Å²) in [5.41, 5.74) is 0.477. The van der Waals surface area contributed by atoms with E-state index in [2.05, 4.69) is 0 Å². The Hall–Kier alpha value is -1.15. The van der Waals surface area contributed by atoms with E-state index in [9.17, 15) is 4.79 Å². The number of carbonyl (C=O) groups is 1. The van der Waals surface area contributed by atoms with Gasteiger partial charge in [0.2, 0.25) is 0 Å². The van der Waals surface area contributed by atoms with Crippen molar-refractivity contribution in [1.82, 2.24) is 0 Å². The summed E-state index contributed by atoms with van der Waals surface area (Å²) >= 11 is 0. The lowest BCUT2D eigenvalue weighted by Gasteiger charge is -1.97. The van der Waals surface area contributed by atoms with Crippen LogP contribution in [0.15, 0.2) is 30.3 Å². The summed E-state index contributed by atoms with van der Waals surface area (Å²) in [6.07, 6.45) is -0.241. The highest BCUT2D eigenvalue weighted by Gasteiger charge is 2.52. The highest BCUT2D eigenvalue weighted by molar-refractivity contribution is 6.01. The van der Waals surface area contributed by atoms with Crippen LogP contribution in [0.5, 0.6) is 0 Å². The van der Waals surface area contributed by atoms with Crippen molar-refractivity contribution >= 4 is 5.78 Å². The van der Waals surface area contributed by atoms with Gasteiger partial charge in [-0.1, -0.05) is 30.3 Å². The first kappa shape index (κ1) is 8.45. The smallest absolute Gasteiger partial charge is 0.194 e. The number of rotatable bonds is 2. The summed E-state index contributed by atoms with van der Waals surface area (Å²) in [5, 5.41) is 0. The Balaban J connectivity index is 2.17. The largest absolute Gasteiger partial charge is 0.358 e. The van der Waals surface area contributed by atoms with E-state index in [1.807, 2.05) is 44.2 Å². The van der Waals surface area contributed by atoms with Crippen LogP contribution in [0.25, 0.3) is 0 Å². The monoisotopic (exact) mass is 176 g/mol. The van der Waals surface area contributed by atoms with Gasteiger partial charge >= 0.3 is 0 Å². The van der Waals surface area contributed by atoms with Gasteiger partial charge in [0.25, 0.3) is 0 Å². The van der Waals surface area contributed by atoms with Crippen LogP contribution >= 0.6 is 0 Å². The lowest BCUT2D eigenvalue weighted by Crippen LogP contribution is -2.14. The number of epoxide rings is 1. The Bertz CT molecular complexity index is 327. The predicted molar refractivity (Wildman–Crippen MR) is 49.7 cm³/mol. The van der Waals surface area contributed by atoms with Crippen LogP contribution in [0.1, 0.15) is 24.2 Å². The van der Waals surface area contributed by atoms with E-state index in [-0.39, 0.29) is 17.5 Å². The normalized spacial score (nSPS) is 24.0. The van der Waals surface area contributed by atoms with Gasteiger partial charge in [-0.2, -0.15) is 0 Å². The molecule has 2 heteroatoms. The highest BCUT2D eigenvalue weighted by Crippen LogP contribution is 2.37. The molecule has 0 radical (unpaired) electrons. The standard InChI is InChI=1S/C11H12O2/c1-11(2)10(13-11)9(12)8-6-4-3-5-7-8/h3-7,10H,1-2H3. The predicted octanol–water partition coefficient (Wildman–Crippen LogP) is 2.05. The van der Waals surface area contributed by atoms with Gasteiger partial charge in [-0.25, -0.2) is 0 Å². The average molecular weight is 176 g/mol. The molecule has 0 bridgehead atoms. The molecule has 1 aromatic rings. The van der Waals surface area contributed by atoms with Gasteiger partial charge < -0.3 is 4.74 Å².